The minimum atomic E-state index is 0.567. The van der Waals surface area contributed by atoms with Gasteiger partial charge >= 0.3 is 0 Å². The van der Waals surface area contributed by atoms with Crippen LogP contribution in [-0.2, 0) is 0 Å². The maximum atomic E-state index is 6.14. The van der Waals surface area contributed by atoms with Gasteiger partial charge in [-0.3, -0.25) is 0 Å². The third-order valence-corrected chi connectivity index (χ3v) is 3.40. The van der Waals surface area contributed by atoms with Crippen molar-refractivity contribution in [2.45, 2.75) is 6.42 Å². The van der Waals surface area contributed by atoms with E-state index in [-0.39, 0.29) is 0 Å². The predicted molar refractivity (Wildman–Crippen MR) is 91.8 cm³/mol. The fourth-order valence-corrected chi connectivity index (χ4v) is 2.28. The summed E-state index contributed by atoms with van der Waals surface area (Å²) < 4.78 is 5.24. The number of nitrogens with zero attached hydrogens (tertiary/aromatic N) is 3. The first-order valence-electron chi connectivity index (χ1n) is 7.39. The Labute approximate surface area is 132 Å². The Morgan fingerprint density at radius 2 is 1.77 bits per heavy atom. The lowest BCUT2D eigenvalue weighted by molar-refractivity contribution is 0.396. The topological polar surface area (TPSA) is 54.6 Å². The minimum absolute atomic E-state index is 0.567. The highest BCUT2D eigenvalue weighted by atomic mass is 16.5. The van der Waals surface area contributed by atoms with Crippen LogP contribution in [-0.4, -0.2) is 44.2 Å². The highest BCUT2D eigenvalue weighted by molar-refractivity contribution is 5.71. The summed E-state index contributed by atoms with van der Waals surface area (Å²) >= 11 is 0. The quantitative estimate of drug-likeness (QED) is 0.852. The van der Waals surface area contributed by atoms with Crippen molar-refractivity contribution < 1.29 is 4.74 Å². The lowest BCUT2D eigenvalue weighted by Crippen LogP contribution is -2.24. The first-order chi connectivity index (χ1) is 10.6. The number of aromatic nitrogens is 1. The number of benzene rings is 1. The second-order valence-corrected chi connectivity index (χ2v) is 5.41. The number of hydrogen-bond donors (Lipinski definition) is 1. The average molecular weight is 300 g/mol. The smallest absolute Gasteiger partial charge is 0.215 e. The zero-order chi connectivity index (χ0) is 15.9. The number of para-hydroxylation sites is 1. The van der Waals surface area contributed by atoms with Gasteiger partial charge in [0.1, 0.15) is 0 Å². The molecular formula is C17H24N4O. The van der Waals surface area contributed by atoms with Crippen LogP contribution in [0, 0.1) is 0 Å². The van der Waals surface area contributed by atoms with E-state index in [4.69, 9.17) is 10.5 Å². The number of rotatable bonds is 7. The Morgan fingerprint density at radius 3 is 2.41 bits per heavy atom. The van der Waals surface area contributed by atoms with Crippen molar-refractivity contribution in [2.75, 3.05) is 44.9 Å². The minimum Gasteiger partial charge on any atom is -0.481 e. The van der Waals surface area contributed by atoms with E-state index in [0.717, 1.165) is 31.0 Å². The first-order valence-corrected chi connectivity index (χ1v) is 7.39. The molecule has 118 valence electrons. The summed E-state index contributed by atoms with van der Waals surface area (Å²) in [5.74, 6) is 1.31. The van der Waals surface area contributed by atoms with Crippen molar-refractivity contribution in [3.63, 3.8) is 0 Å². The third kappa shape index (κ3) is 4.11. The van der Waals surface area contributed by atoms with Crippen molar-refractivity contribution in [3.8, 4) is 5.88 Å². The van der Waals surface area contributed by atoms with Crippen molar-refractivity contribution in [3.05, 3.63) is 42.5 Å². The molecule has 1 aromatic carbocycles. The molecule has 0 fully saturated rings. The first kappa shape index (κ1) is 16.1. The summed E-state index contributed by atoms with van der Waals surface area (Å²) in [6, 6.07) is 13.8. The molecule has 0 aliphatic heterocycles. The fourth-order valence-electron chi connectivity index (χ4n) is 2.28. The highest BCUT2D eigenvalue weighted by Crippen LogP contribution is 2.30. The number of pyridine rings is 1. The molecule has 0 atom stereocenters. The van der Waals surface area contributed by atoms with Gasteiger partial charge in [-0.2, -0.15) is 4.98 Å². The van der Waals surface area contributed by atoms with Crippen LogP contribution in [0.25, 0.3) is 0 Å². The zero-order valence-corrected chi connectivity index (χ0v) is 13.5. The molecule has 2 rings (SSSR count). The Morgan fingerprint density at radius 1 is 1.05 bits per heavy atom. The van der Waals surface area contributed by atoms with E-state index in [1.54, 1.807) is 13.2 Å². The van der Waals surface area contributed by atoms with E-state index < -0.39 is 0 Å². The molecule has 0 radical (unpaired) electrons. The average Bonchev–Trinajstić information content (AvgIpc) is 2.53. The zero-order valence-electron chi connectivity index (χ0n) is 13.5. The molecule has 1 aromatic heterocycles. The summed E-state index contributed by atoms with van der Waals surface area (Å²) in [6.45, 7) is 1.85. The van der Waals surface area contributed by atoms with Crippen LogP contribution in [0.2, 0.25) is 0 Å². The van der Waals surface area contributed by atoms with Gasteiger partial charge in [0.25, 0.3) is 0 Å². The Hall–Kier alpha value is -2.27. The van der Waals surface area contributed by atoms with Crippen molar-refractivity contribution in [1.82, 2.24) is 9.88 Å². The predicted octanol–water partition coefficient (Wildman–Crippen LogP) is 2.76. The maximum Gasteiger partial charge on any atom is 0.215 e. The normalized spacial score (nSPS) is 10.7. The molecule has 0 amide bonds. The van der Waals surface area contributed by atoms with Gasteiger partial charge in [0, 0.05) is 18.3 Å². The molecule has 22 heavy (non-hydrogen) atoms. The Balaban J connectivity index is 2.31. The number of ether oxygens (including phenoxy) is 1. The monoisotopic (exact) mass is 300 g/mol. The SMILES string of the molecule is COc1ccc(N)c(N(CCCN(C)C)c2ccccc2)n1. The van der Waals surface area contributed by atoms with Crippen LogP contribution in [0.5, 0.6) is 5.88 Å². The molecule has 0 bridgehead atoms. The third-order valence-electron chi connectivity index (χ3n) is 3.40. The molecule has 0 aliphatic rings. The molecule has 1 heterocycles. The van der Waals surface area contributed by atoms with Gasteiger partial charge in [0.05, 0.1) is 12.8 Å². The number of methoxy groups -OCH3 is 1. The van der Waals surface area contributed by atoms with Gasteiger partial charge in [-0.1, -0.05) is 18.2 Å². The summed E-state index contributed by atoms with van der Waals surface area (Å²) in [4.78, 5) is 8.84. The summed E-state index contributed by atoms with van der Waals surface area (Å²) in [5, 5.41) is 0. The van der Waals surface area contributed by atoms with E-state index in [1.165, 1.54) is 0 Å². The number of nitrogen functional groups attached to an aromatic ring is 1. The molecule has 2 aromatic rings. The number of nitrogens with two attached hydrogens (primary N) is 1. The van der Waals surface area contributed by atoms with Crippen molar-refractivity contribution >= 4 is 17.2 Å². The van der Waals surface area contributed by atoms with E-state index in [1.807, 2.05) is 24.3 Å². The molecule has 0 saturated heterocycles. The van der Waals surface area contributed by atoms with Crippen molar-refractivity contribution in [1.29, 1.82) is 0 Å². The fraction of sp³-hybridized carbons (Fsp3) is 0.353. The van der Waals surface area contributed by atoms with Crippen LogP contribution >= 0.6 is 0 Å². The van der Waals surface area contributed by atoms with Crippen LogP contribution in [0.1, 0.15) is 6.42 Å². The highest BCUT2D eigenvalue weighted by Gasteiger charge is 2.14. The molecule has 5 nitrogen and oxygen atoms in total. The summed E-state index contributed by atoms with van der Waals surface area (Å²) in [7, 11) is 5.76. The summed E-state index contributed by atoms with van der Waals surface area (Å²) in [6.07, 6.45) is 1.01. The summed E-state index contributed by atoms with van der Waals surface area (Å²) in [5.41, 5.74) is 7.87. The van der Waals surface area contributed by atoms with Gasteiger partial charge in [-0.05, 0) is 45.3 Å². The molecule has 2 N–H and O–H groups in total. The lowest BCUT2D eigenvalue weighted by Gasteiger charge is -2.26. The van der Waals surface area contributed by atoms with Gasteiger partial charge < -0.3 is 20.3 Å². The Bertz CT molecular complexity index is 586. The molecular weight excluding hydrogens is 276 g/mol. The second-order valence-electron chi connectivity index (χ2n) is 5.41. The van der Waals surface area contributed by atoms with Gasteiger partial charge in [0.2, 0.25) is 5.88 Å². The number of anilines is 3. The standard InChI is InChI=1S/C17H24N4O/c1-20(2)12-7-13-21(14-8-5-4-6-9-14)17-15(18)10-11-16(19-17)22-3/h4-6,8-11H,7,12-13,18H2,1-3H3. The molecule has 0 saturated carbocycles. The van der Waals surface area contributed by atoms with E-state index in [9.17, 15) is 0 Å². The molecule has 5 heteroatoms. The maximum absolute atomic E-state index is 6.14. The number of hydrogen-bond acceptors (Lipinski definition) is 5. The largest absolute Gasteiger partial charge is 0.481 e. The van der Waals surface area contributed by atoms with Crippen LogP contribution in [0.15, 0.2) is 42.5 Å². The van der Waals surface area contributed by atoms with Crippen LogP contribution in [0.4, 0.5) is 17.2 Å². The second kappa shape index (κ2) is 7.66. The van der Waals surface area contributed by atoms with Gasteiger partial charge in [-0.15, -0.1) is 0 Å². The van der Waals surface area contributed by atoms with Crippen LogP contribution < -0.4 is 15.4 Å². The van der Waals surface area contributed by atoms with E-state index in [2.05, 4.69) is 41.0 Å². The molecule has 0 unspecified atom stereocenters. The Kier molecular flexibility index (Phi) is 5.61. The van der Waals surface area contributed by atoms with E-state index >= 15 is 0 Å². The van der Waals surface area contributed by atoms with Crippen LogP contribution in [0.3, 0.4) is 0 Å². The van der Waals surface area contributed by atoms with Crippen molar-refractivity contribution in [2.24, 2.45) is 0 Å². The van der Waals surface area contributed by atoms with E-state index in [0.29, 0.717) is 11.6 Å². The molecule has 0 aliphatic carbocycles. The molecule has 0 spiro atoms. The van der Waals surface area contributed by atoms with Gasteiger partial charge in [-0.25, -0.2) is 0 Å². The van der Waals surface area contributed by atoms with Gasteiger partial charge in [0.15, 0.2) is 5.82 Å². The lowest BCUT2D eigenvalue weighted by atomic mass is 10.2.